The number of aromatic nitrogens is 2. The largest absolute Gasteiger partial charge is 0.355 e. The van der Waals surface area contributed by atoms with Gasteiger partial charge in [0.25, 0.3) is 0 Å². The second-order valence-electron chi connectivity index (χ2n) is 7.43. The summed E-state index contributed by atoms with van der Waals surface area (Å²) in [6, 6.07) is 8.58. The molecule has 0 aliphatic carbocycles. The minimum Gasteiger partial charge on any atom is -0.355 e. The zero-order valence-electron chi connectivity index (χ0n) is 16.4. The Kier molecular flexibility index (Phi) is 6.11. The van der Waals surface area contributed by atoms with Crippen LogP contribution in [0.25, 0.3) is 11.0 Å². The second-order valence-corrected chi connectivity index (χ2v) is 7.43. The van der Waals surface area contributed by atoms with Gasteiger partial charge < -0.3 is 14.8 Å². The average Bonchev–Trinajstić information content (AvgIpc) is 3.22. The van der Waals surface area contributed by atoms with E-state index in [0.29, 0.717) is 25.6 Å². The molecule has 0 bridgehead atoms. The lowest BCUT2D eigenvalue weighted by Crippen LogP contribution is -2.42. The minimum atomic E-state index is -0.00492. The number of likely N-dealkylation sites (N-methyl/N-ethyl adjacent to an activating group) is 2. The summed E-state index contributed by atoms with van der Waals surface area (Å²) in [4.78, 5) is 32.2. The van der Waals surface area contributed by atoms with Crippen molar-refractivity contribution in [3.63, 3.8) is 0 Å². The molecule has 1 fully saturated rings. The third-order valence-electron chi connectivity index (χ3n) is 5.61. The number of fused-ring (bicyclic) bond motifs is 1. The molecule has 0 saturated carbocycles. The highest BCUT2D eigenvalue weighted by molar-refractivity contribution is 5.77. The third kappa shape index (κ3) is 4.66. The summed E-state index contributed by atoms with van der Waals surface area (Å²) >= 11 is 0. The van der Waals surface area contributed by atoms with Crippen molar-refractivity contribution in [2.24, 2.45) is 0 Å². The Balaban J connectivity index is 1.48. The van der Waals surface area contributed by atoms with Crippen molar-refractivity contribution in [1.29, 1.82) is 0 Å². The van der Waals surface area contributed by atoms with E-state index in [4.69, 9.17) is 0 Å². The molecule has 27 heavy (non-hydrogen) atoms. The van der Waals surface area contributed by atoms with Gasteiger partial charge in [-0.25, -0.2) is 4.98 Å². The zero-order chi connectivity index (χ0) is 19.4. The van der Waals surface area contributed by atoms with Crippen LogP contribution in [0.4, 0.5) is 0 Å². The Morgan fingerprint density at radius 2 is 2.00 bits per heavy atom. The summed E-state index contributed by atoms with van der Waals surface area (Å²) in [7, 11) is 3.92. The zero-order valence-corrected chi connectivity index (χ0v) is 16.4. The second kappa shape index (κ2) is 8.52. The van der Waals surface area contributed by atoms with E-state index in [1.165, 1.54) is 6.92 Å². The molecule has 7 nitrogen and oxygen atoms in total. The van der Waals surface area contributed by atoms with Gasteiger partial charge in [0.05, 0.1) is 17.4 Å². The van der Waals surface area contributed by atoms with Crippen LogP contribution in [-0.2, 0) is 16.1 Å². The molecule has 1 saturated heterocycles. The van der Waals surface area contributed by atoms with Crippen LogP contribution in [0.5, 0.6) is 0 Å². The molecule has 1 aromatic heterocycles. The Morgan fingerprint density at radius 1 is 1.26 bits per heavy atom. The van der Waals surface area contributed by atoms with Gasteiger partial charge in [0.2, 0.25) is 11.8 Å². The normalized spacial score (nSPS) is 20.1. The summed E-state index contributed by atoms with van der Waals surface area (Å²) in [5.74, 6) is 0.158. The number of carbonyl (C=O) groups is 2. The van der Waals surface area contributed by atoms with Crippen LogP contribution in [-0.4, -0.2) is 70.4 Å². The fraction of sp³-hybridized carbons (Fsp3) is 0.550. The van der Waals surface area contributed by atoms with Crippen LogP contribution in [0.3, 0.4) is 0 Å². The van der Waals surface area contributed by atoms with Crippen molar-refractivity contribution in [1.82, 2.24) is 24.7 Å². The molecule has 1 aliphatic rings. The lowest BCUT2D eigenvalue weighted by atomic mass is 10.1. The number of benzene rings is 1. The molecule has 2 atom stereocenters. The van der Waals surface area contributed by atoms with Gasteiger partial charge in [-0.2, -0.15) is 0 Å². The highest BCUT2D eigenvalue weighted by atomic mass is 16.2. The fourth-order valence-electron chi connectivity index (χ4n) is 3.77. The van der Waals surface area contributed by atoms with Gasteiger partial charge in [0.1, 0.15) is 0 Å². The summed E-state index contributed by atoms with van der Waals surface area (Å²) in [5.41, 5.74) is 2.07. The minimum absolute atomic E-state index is 0.00492. The van der Waals surface area contributed by atoms with E-state index in [0.717, 1.165) is 30.4 Å². The number of likely N-dealkylation sites (tertiary alicyclic amines) is 1. The molecule has 0 unspecified atom stereocenters. The first kappa shape index (κ1) is 19.4. The fourth-order valence-corrected chi connectivity index (χ4v) is 3.77. The van der Waals surface area contributed by atoms with Crippen molar-refractivity contribution < 1.29 is 9.59 Å². The molecule has 2 aromatic rings. The quantitative estimate of drug-likeness (QED) is 0.800. The number of nitrogens with one attached hydrogen (secondary N) is 1. The van der Waals surface area contributed by atoms with Crippen LogP contribution in [0.1, 0.15) is 26.2 Å². The average molecular weight is 371 g/mol. The molecule has 7 heteroatoms. The summed E-state index contributed by atoms with van der Waals surface area (Å²) in [6.07, 6.45) is 4.36. The van der Waals surface area contributed by atoms with Crippen molar-refractivity contribution in [3.8, 4) is 0 Å². The van der Waals surface area contributed by atoms with Gasteiger partial charge in [0, 0.05) is 52.1 Å². The predicted molar refractivity (Wildman–Crippen MR) is 105 cm³/mol. The topological polar surface area (TPSA) is 70.5 Å². The van der Waals surface area contributed by atoms with Crippen molar-refractivity contribution in [3.05, 3.63) is 30.6 Å². The van der Waals surface area contributed by atoms with Crippen LogP contribution >= 0.6 is 0 Å². The van der Waals surface area contributed by atoms with E-state index in [1.807, 2.05) is 42.5 Å². The van der Waals surface area contributed by atoms with Gasteiger partial charge in [0.15, 0.2) is 0 Å². The van der Waals surface area contributed by atoms with Crippen LogP contribution in [0.2, 0.25) is 0 Å². The summed E-state index contributed by atoms with van der Waals surface area (Å²) in [5, 5.41) is 2.88. The van der Waals surface area contributed by atoms with Crippen LogP contribution in [0, 0.1) is 0 Å². The number of hydrogen-bond acceptors (Lipinski definition) is 4. The van der Waals surface area contributed by atoms with Crippen molar-refractivity contribution >= 4 is 22.8 Å². The van der Waals surface area contributed by atoms with E-state index in [-0.39, 0.29) is 17.9 Å². The number of para-hydroxylation sites is 2. The number of nitrogens with zero attached hydrogens (tertiary/aromatic N) is 4. The van der Waals surface area contributed by atoms with Gasteiger partial charge in [-0.1, -0.05) is 12.1 Å². The highest BCUT2D eigenvalue weighted by Crippen LogP contribution is 2.24. The lowest BCUT2D eigenvalue weighted by molar-refractivity contribution is -0.131. The summed E-state index contributed by atoms with van der Waals surface area (Å²) in [6.45, 7) is 3.58. The van der Waals surface area contributed by atoms with E-state index in [2.05, 4.69) is 26.8 Å². The summed E-state index contributed by atoms with van der Waals surface area (Å²) < 4.78 is 2.09. The van der Waals surface area contributed by atoms with Crippen molar-refractivity contribution in [2.75, 3.05) is 27.2 Å². The number of amides is 2. The SMILES string of the molecule is CC(=O)NC[C@H]1CC[C@@H](CC(=O)N(C)CCn2cnc3ccccc32)N1C. The number of rotatable bonds is 7. The molecule has 0 radical (unpaired) electrons. The Labute approximate surface area is 160 Å². The molecule has 0 spiro atoms. The van der Waals surface area contributed by atoms with Crippen LogP contribution in [0.15, 0.2) is 30.6 Å². The van der Waals surface area contributed by atoms with Crippen molar-refractivity contribution in [2.45, 2.75) is 44.8 Å². The Hall–Kier alpha value is -2.41. The standard InChI is InChI=1S/C20H29N5O2/c1-15(26)21-13-17-9-8-16(24(17)3)12-20(27)23(2)10-11-25-14-22-18-6-4-5-7-19(18)25/h4-7,14,16-17H,8-13H2,1-3H3,(H,21,26)/t16-,17+/m0/s1. The molecule has 1 aliphatic heterocycles. The van der Waals surface area contributed by atoms with Crippen LogP contribution < -0.4 is 5.32 Å². The first-order valence-electron chi connectivity index (χ1n) is 9.56. The van der Waals surface area contributed by atoms with Gasteiger partial charge >= 0.3 is 0 Å². The van der Waals surface area contributed by atoms with Gasteiger partial charge in [-0.05, 0) is 32.0 Å². The lowest BCUT2D eigenvalue weighted by Gasteiger charge is -2.27. The molecular weight excluding hydrogens is 342 g/mol. The molecule has 146 valence electrons. The van der Waals surface area contributed by atoms with E-state index in [1.54, 1.807) is 0 Å². The van der Waals surface area contributed by atoms with E-state index < -0.39 is 0 Å². The maximum atomic E-state index is 12.6. The first-order chi connectivity index (χ1) is 13.0. The monoisotopic (exact) mass is 371 g/mol. The number of imidazole rings is 1. The maximum Gasteiger partial charge on any atom is 0.223 e. The Bertz CT molecular complexity index is 803. The Morgan fingerprint density at radius 3 is 2.78 bits per heavy atom. The highest BCUT2D eigenvalue weighted by Gasteiger charge is 2.32. The third-order valence-corrected chi connectivity index (χ3v) is 5.61. The number of carbonyl (C=O) groups excluding carboxylic acids is 2. The molecule has 1 N–H and O–H groups in total. The smallest absolute Gasteiger partial charge is 0.223 e. The van der Waals surface area contributed by atoms with Gasteiger partial charge in [-0.15, -0.1) is 0 Å². The van der Waals surface area contributed by atoms with Gasteiger partial charge in [-0.3, -0.25) is 14.5 Å². The molecular formula is C20H29N5O2. The first-order valence-corrected chi connectivity index (χ1v) is 9.56. The maximum absolute atomic E-state index is 12.6. The molecule has 1 aromatic carbocycles. The molecule has 2 heterocycles. The van der Waals surface area contributed by atoms with E-state index >= 15 is 0 Å². The predicted octanol–water partition coefficient (Wildman–Crippen LogP) is 1.48. The number of hydrogen-bond donors (Lipinski definition) is 1. The molecule has 2 amide bonds. The molecule has 3 rings (SSSR count). The van der Waals surface area contributed by atoms with E-state index in [9.17, 15) is 9.59 Å².